The van der Waals surface area contributed by atoms with Crippen LogP contribution in [0.3, 0.4) is 0 Å². The largest absolute Gasteiger partial charge is 0.497 e. The minimum atomic E-state index is -0.234. The van der Waals surface area contributed by atoms with Crippen molar-refractivity contribution in [1.82, 2.24) is 14.6 Å². The van der Waals surface area contributed by atoms with Crippen molar-refractivity contribution >= 4 is 17.4 Å². The summed E-state index contributed by atoms with van der Waals surface area (Å²) in [5, 5.41) is 7.85. The predicted octanol–water partition coefficient (Wildman–Crippen LogP) is 5.71. The first-order valence-electron chi connectivity index (χ1n) is 11.1. The zero-order valence-electron chi connectivity index (χ0n) is 19.6. The van der Waals surface area contributed by atoms with Crippen LogP contribution >= 0.6 is 0 Å². The van der Waals surface area contributed by atoms with Crippen LogP contribution in [0.5, 0.6) is 11.6 Å². The molecule has 35 heavy (non-hydrogen) atoms. The van der Waals surface area contributed by atoms with Crippen molar-refractivity contribution in [3.63, 3.8) is 0 Å². The molecular weight excluding hydrogens is 440 g/mol. The van der Waals surface area contributed by atoms with Crippen molar-refractivity contribution in [3.05, 3.63) is 84.9 Å². The topological polar surface area (TPSA) is 77.8 Å². The molecule has 0 fully saturated rings. The van der Waals surface area contributed by atoms with Crippen LogP contribution in [0.25, 0.3) is 39.2 Å². The fraction of sp³-hybridized carbons (Fsp3) is 0.107. The van der Waals surface area contributed by atoms with Gasteiger partial charge in [0.2, 0.25) is 11.8 Å². The first kappa shape index (κ1) is 22.2. The number of benzene rings is 3. The molecule has 0 bridgehead atoms. The highest BCUT2D eigenvalue weighted by molar-refractivity contribution is 5.97. The summed E-state index contributed by atoms with van der Waals surface area (Å²) < 4.78 is 12.9. The standard InChI is InChI=1S/C28H24N4O3/c1-18(33)29-26-24(20-14-16-22(34-2)17-15-20)28(35-3)32-27(30-26)23(19-10-6-4-7-11-19)25(31-32)21-12-8-5-9-13-21/h4-17H,1-3H3,(H,29,30,33). The Morgan fingerprint density at radius 1 is 0.771 bits per heavy atom. The number of carbonyl (C=O) groups is 1. The number of rotatable bonds is 6. The Kier molecular flexibility index (Phi) is 5.89. The lowest BCUT2D eigenvalue weighted by Crippen LogP contribution is -2.12. The molecule has 2 aromatic heterocycles. The maximum Gasteiger partial charge on any atom is 0.228 e. The Labute approximate surface area is 203 Å². The molecule has 5 aromatic rings. The number of nitrogens with one attached hydrogen (secondary N) is 1. The fourth-order valence-corrected chi connectivity index (χ4v) is 4.16. The van der Waals surface area contributed by atoms with Gasteiger partial charge in [-0.05, 0) is 23.3 Å². The molecule has 0 radical (unpaired) electrons. The van der Waals surface area contributed by atoms with Gasteiger partial charge in [0.15, 0.2) is 5.65 Å². The Morgan fingerprint density at radius 3 is 1.94 bits per heavy atom. The van der Waals surface area contributed by atoms with Crippen LogP contribution in [0, 0.1) is 0 Å². The van der Waals surface area contributed by atoms with Crippen LogP contribution in [0.4, 0.5) is 5.82 Å². The molecule has 2 heterocycles. The van der Waals surface area contributed by atoms with E-state index in [1.165, 1.54) is 6.92 Å². The second kappa shape index (κ2) is 9.30. The number of amides is 1. The van der Waals surface area contributed by atoms with Crippen LogP contribution in [-0.2, 0) is 4.79 Å². The van der Waals surface area contributed by atoms with Gasteiger partial charge < -0.3 is 14.8 Å². The molecule has 7 heteroatoms. The molecule has 0 aliphatic rings. The molecule has 0 saturated carbocycles. The molecule has 3 aromatic carbocycles. The van der Waals surface area contributed by atoms with Crippen molar-refractivity contribution < 1.29 is 14.3 Å². The van der Waals surface area contributed by atoms with Crippen LogP contribution in [0.15, 0.2) is 84.9 Å². The number of hydrogen-bond acceptors (Lipinski definition) is 5. The summed E-state index contributed by atoms with van der Waals surface area (Å²) in [7, 11) is 3.21. The second-order valence-corrected chi connectivity index (χ2v) is 7.95. The van der Waals surface area contributed by atoms with Gasteiger partial charge in [0, 0.05) is 12.5 Å². The van der Waals surface area contributed by atoms with E-state index < -0.39 is 0 Å². The number of aromatic nitrogens is 3. The molecule has 0 aliphatic carbocycles. The summed E-state index contributed by atoms with van der Waals surface area (Å²) >= 11 is 0. The molecule has 0 atom stereocenters. The molecule has 7 nitrogen and oxygen atoms in total. The first-order chi connectivity index (χ1) is 17.1. The van der Waals surface area contributed by atoms with Crippen molar-refractivity contribution in [2.45, 2.75) is 6.92 Å². The van der Waals surface area contributed by atoms with Crippen LogP contribution in [0.2, 0.25) is 0 Å². The molecule has 1 amide bonds. The van der Waals surface area contributed by atoms with E-state index in [0.717, 1.165) is 33.7 Å². The van der Waals surface area contributed by atoms with Crippen molar-refractivity contribution in [1.29, 1.82) is 0 Å². The SMILES string of the molecule is COc1ccc(-c2c(NC(C)=O)nc3c(-c4ccccc4)c(-c4ccccc4)nn3c2OC)cc1. The van der Waals surface area contributed by atoms with E-state index >= 15 is 0 Å². The van der Waals surface area contributed by atoms with Gasteiger partial charge in [-0.2, -0.15) is 9.61 Å². The normalized spacial score (nSPS) is 10.8. The van der Waals surface area contributed by atoms with Crippen molar-refractivity contribution in [2.75, 3.05) is 19.5 Å². The third kappa shape index (κ3) is 4.08. The van der Waals surface area contributed by atoms with E-state index in [2.05, 4.69) is 5.32 Å². The minimum Gasteiger partial charge on any atom is -0.497 e. The van der Waals surface area contributed by atoms with Crippen LogP contribution in [0.1, 0.15) is 6.92 Å². The monoisotopic (exact) mass is 464 g/mol. The number of ether oxygens (including phenoxy) is 2. The van der Waals surface area contributed by atoms with Gasteiger partial charge in [-0.15, -0.1) is 0 Å². The molecule has 0 saturated heterocycles. The van der Waals surface area contributed by atoms with E-state index in [1.54, 1.807) is 18.7 Å². The smallest absolute Gasteiger partial charge is 0.228 e. The van der Waals surface area contributed by atoms with E-state index in [1.807, 2.05) is 84.9 Å². The third-order valence-electron chi connectivity index (χ3n) is 5.70. The van der Waals surface area contributed by atoms with Gasteiger partial charge in [-0.3, -0.25) is 4.79 Å². The number of fused-ring (bicyclic) bond motifs is 1. The average molecular weight is 465 g/mol. The second-order valence-electron chi connectivity index (χ2n) is 7.95. The highest BCUT2D eigenvalue weighted by atomic mass is 16.5. The summed E-state index contributed by atoms with van der Waals surface area (Å²) in [6.07, 6.45) is 0. The Hall–Kier alpha value is -4.65. The number of hydrogen-bond donors (Lipinski definition) is 1. The number of anilines is 1. The van der Waals surface area contributed by atoms with Crippen molar-refractivity contribution in [2.24, 2.45) is 0 Å². The van der Waals surface area contributed by atoms with Crippen LogP contribution < -0.4 is 14.8 Å². The first-order valence-corrected chi connectivity index (χ1v) is 11.1. The van der Waals surface area contributed by atoms with Gasteiger partial charge in [-0.25, -0.2) is 4.98 Å². The Morgan fingerprint density at radius 2 is 1.37 bits per heavy atom. The lowest BCUT2D eigenvalue weighted by Gasteiger charge is -2.15. The molecular formula is C28H24N4O3. The zero-order chi connectivity index (χ0) is 24.4. The summed E-state index contributed by atoms with van der Waals surface area (Å²) in [6.45, 7) is 1.46. The Balaban J connectivity index is 1.88. The van der Waals surface area contributed by atoms with Gasteiger partial charge >= 0.3 is 0 Å². The average Bonchev–Trinajstić information content (AvgIpc) is 3.28. The lowest BCUT2D eigenvalue weighted by atomic mass is 10.0. The van der Waals surface area contributed by atoms with Gasteiger partial charge in [-0.1, -0.05) is 72.8 Å². The number of methoxy groups -OCH3 is 2. The highest BCUT2D eigenvalue weighted by Crippen LogP contribution is 2.42. The van der Waals surface area contributed by atoms with Gasteiger partial charge in [0.25, 0.3) is 0 Å². The van der Waals surface area contributed by atoms with E-state index in [4.69, 9.17) is 19.6 Å². The van der Waals surface area contributed by atoms with Gasteiger partial charge in [0.1, 0.15) is 17.3 Å². The third-order valence-corrected chi connectivity index (χ3v) is 5.70. The summed E-state index contributed by atoms with van der Waals surface area (Å²) in [6, 6.07) is 27.4. The summed E-state index contributed by atoms with van der Waals surface area (Å²) in [4.78, 5) is 17.1. The Bertz CT molecular complexity index is 1500. The van der Waals surface area contributed by atoms with E-state index in [-0.39, 0.29) is 5.91 Å². The summed E-state index contributed by atoms with van der Waals surface area (Å²) in [5.41, 5.74) is 5.53. The lowest BCUT2D eigenvalue weighted by molar-refractivity contribution is -0.114. The molecule has 5 rings (SSSR count). The molecule has 174 valence electrons. The number of carbonyl (C=O) groups excluding carboxylic acids is 1. The van der Waals surface area contributed by atoms with E-state index in [0.29, 0.717) is 22.9 Å². The van der Waals surface area contributed by atoms with Gasteiger partial charge in [0.05, 0.1) is 25.3 Å². The molecule has 0 unspecified atom stereocenters. The maximum absolute atomic E-state index is 12.2. The van der Waals surface area contributed by atoms with Crippen molar-refractivity contribution in [3.8, 4) is 45.1 Å². The highest BCUT2D eigenvalue weighted by Gasteiger charge is 2.25. The minimum absolute atomic E-state index is 0.234. The van der Waals surface area contributed by atoms with E-state index in [9.17, 15) is 4.79 Å². The summed E-state index contributed by atoms with van der Waals surface area (Å²) in [5.74, 6) is 1.34. The molecule has 0 aliphatic heterocycles. The zero-order valence-corrected chi connectivity index (χ0v) is 19.6. The molecule has 0 spiro atoms. The quantitative estimate of drug-likeness (QED) is 0.348. The molecule has 1 N–H and O–H groups in total. The maximum atomic E-state index is 12.2. The predicted molar refractivity (Wildman–Crippen MR) is 137 cm³/mol. The number of nitrogens with zero attached hydrogens (tertiary/aromatic N) is 3. The van der Waals surface area contributed by atoms with Crippen LogP contribution in [-0.4, -0.2) is 34.7 Å². The fourth-order valence-electron chi connectivity index (χ4n) is 4.16.